The Morgan fingerprint density at radius 1 is 1.00 bits per heavy atom. The van der Waals surface area contributed by atoms with Crippen LogP contribution in [0.4, 0.5) is 5.69 Å². The topological polar surface area (TPSA) is 55.4 Å². The van der Waals surface area contributed by atoms with Gasteiger partial charge in [0.15, 0.2) is 6.61 Å². The minimum Gasteiger partial charge on any atom is -0.452 e. The van der Waals surface area contributed by atoms with Crippen molar-refractivity contribution in [1.29, 1.82) is 0 Å². The molecule has 0 radical (unpaired) electrons. The maximum Gasteiger partial charge on any atom is 0.338 e. The fourth-order valence-electron chi connectivity index (χ4n) is 1.60. The van der Waals surface area contributed by atoms with Crippen molar-refractivity contribution in [2.45, 2.75) is 0 Å². The number of halogens is 2. The number of nitrogens with one attached hydrogen (secondary N) is 1. The van der Waals surface area contributed by atoms with Gasteiger partial charge in [-0.2, -0.15) is 0 Å². The molecule has 108 valence electrons. The third-order valence-electron chi connectivity index (χ3n) is 2.49. The molecule has 1 N–H and O–H groups in total. The number of hydrogen-bond donors (Lipinski definition) is 1. The van der Waals surface area contributed by atoms with E-state index < -0.39 is 18.5 Å². The molecule has 0 aromatic heterocycles. The van der Waals surface area contributed by atoms with Crippen molar-refractivity contribution in [2.24, 2.45) is 0 Å². The highest BCUT2D eigenvalue weighted by Gasteiger charge is 2.12. The summed E-state index contributed by atoms with van der Waals surface area (Å²) in [4.78, 5) is 23.4. The van der Waals surface area contributed by atoms with Crippen molar-refractivity contribution in [1.82, 2.24) is 0 Å². The first-order valence-corrected chi connectivity index (χ1v) is 6.78. The molecule has 0 saturated heterocycles. The number of ether oxygens (including phenoxy) is 1. The van der Waals surface area contributed by atoms with Crippen LogP contribution in [-0.2, 0) is 9.53 Å². The number of carbonyl (C=O) groups excluding carboxylic acids is 2. The average molecular weight is 324 g/mol. The Hall–Kier alpha value is -2.04. The Kier molecular flexibility index (Phi) is 5.20. The van der Waals surface area contributed by atoms with Gasteiger partial charge in [0, 0.05) is 15.7 Å². The summed E-state index contributed by atoms with van der Waals surface area (Å²) in [6.07, 6.45) is 0. The van der Waals surface area contributed by atoms with E-state index in [9.17, 15) is 9.59 Å². The number of benzene rings is 2. The van der Waals surface area contributed by atoms with Crippen molar-refractivity contribution >= 4 is 40.8 Å². The third-order valence-corrected chi connectivity index (χ3v) is 2.93. The minimum atomic E-state index is -0.664. The summed E-state index contributed by atoms with van der Waals surface area (Å²) in [6.45, 7) is -0.391. The maximum atomic E-state index is 11.8. The van der Waals surface area contributed by atoms with Crippen LogP contribution in [0.3, 0.4) is 0 Å². The molecule has 2 aromatic carbocycles. The van der Waals surface area contributed by atoms with Crippen LogP contribution in [0.5, 0.6) is 0 Å². The van der Waals surface area contributed by atoms with Crippen molar-refractivity contribution in [3.8, 4) is 0 Å². The fraction of sp³-hybridized carbons (Fsp3) is 0.0667. The van der Waals surface area contributed by atoms with Crippen LogP contribution >= 0.6 is 23.2 Å². The first-order valence-electron chi connectivity index (χ1n) is 6.03. The fourth-order valence-corrected chi connectivity index (χ4v) is 2.13. The van der Waals surface area contributed by atoms with Crippen LogP contribution in [0.25, 0.3) is 0 Å². The Labute approximate surface area is 131 Å². The van der Waals surface area contributed by atoms with E-state index in [1.165, 1.54) is 18.2 Å². The van der Waals surface area contributed by atoms with Crippen LogP contribution in [0, 0.1) is 0 Å². The Morgan fingerprint density at radius 3 is 2.24 bits per heavy atom. The zero-order valence-electron chi connectivity index (χ0n) is 10.8. The molecular weight excluding hydrogens is 313 g/mol. The summed E-state index contributed by atoms with van der Waals surface area (Å²) in [6, 6.07) is 13.2. The molecule has 0 spiro atoms. The van der Waals surface area contributed by atoms with Crippen LogP contribution in [0.2, 0.25) is 10.0 Å². The van der Waals surface area contributed by atoms with Gasteiger partial charge in [-0.1, -0.05) is 41.4 Å². The molecule has 2 rings (SSSR count). The minimum absolute atomic E-state index is 0.194. The van der Waals surface area contributed by atoms with E-state index in [-0.39, 0.29) is 5.56 Å². The van der Waals surface area contributed by atoms with Crippen LogP contribution in [0.1, 0.15) is 10.4 Å². The second kappa shape index (κ2) is 7.11. The Morgan fingerprint density at radius 2 is 1.62 bits per heavy atom. The van der Waals surface area contributed by atoms with E-state index in [0.29, 0.717) is 15.7 Å². The lowest BCUT2D eigenvalue weighted by Gasteiger charge is -2.07. The summed E-state index contributed by atoms with van der Waals surface area (Å²) in [5, 5.41) is 3.25. The van der Waals surface area contributed by atoms with Gasteiger partial charge in [0.1, 0.15) is 0 Å². The van der Waals surface area contributed by atoms with E-state index in [1.807, 2.05) is 6.07 Å². The van der Waals surface area contributed by atoms with Gasteiger partial charge in [0.2, 0.25) is 0 Å². The molecule has 0 fully saturated rings. The predicted octanol–water partition coefficient (Wildman–Crippen LogP) is 3.79. The van der Waals surface area contributed by atoms with Crippen LogP contribution in [-0.4, -0.2) is 18.5 Å². The normalized spacial score (nSPS) is 10.0. The van der Waals surface area contributed by atoms with Crippen LogP contribution < -0.4 is 5.32 Å². The van der Waals surface area contributed by atoms with Crippen LogP contribution in [0.15, 0.2) is 48.5 Å². The molecule has 0 bridgehead atoms. The number of anilines is 1. The zero-order valence-corrected chi connectivity index (χ0v) is 12.3. The molecule has 4 nitrogen and oxygen atoms in total. The van der Waals surface area contributed by atoms with E-state index >= 15 is 0 Å². The number of para-hydroxylation sites is 1. The highest BCUT2D eigenvalue weighted by atomic mass is 35.5. The quantitative estimate of drug-likeness (QED) is 0.871. The average Bonchev–Trinajstić information content (AvgIpc) is 2.45. The molecule has 0 atom stereocenters. The lowest BCUT2D eigenvalue weighted by atomic mass is 10.2. The lowest BCUT2D eigenvalue weighted by molar-refractivity contribution is -0.119. The van der Waals surface area contributed by atoms with E-state index in [1.54, 1.807) is 24.3 Å². The SMILES string of the molecule is O=C(COC(=O)c1cc(Cl)cc(Cl)c1)Nc1ccccc1. The molecule has 0 heterocycles. The van der Waals surface area contributed by atoms with Gasteiger partial charge in [-0.05, 0) is 30.3 Å². The van der Waals surface area contributed by atoms with Gasteiger partial charge >= 0.3 is 5.97 Å². The molecule has 0 aliphatic carbocycles. The smallest absolute Gasteiger partial charge is 0.338 e. The van der Waals surface area contributed by atoms with Gasteiger partial charge in [-0.15, -0.1) is 0 Å². The number of rotatable bonds is 4. The molecule has 2 aromatic rings. The van der Waals surface area contributed by atoms with Gasteiger partial charge in [-0.25, -0.2) is 4.79 Å². The summed E-state index contributed by atoms with van der Waals surface area (Å²) in [5.41, 5.74) is 0.823. The molecule has 0 aliphatic rings. The Balaban J connectivity index is 1.90. The van der Waals surface area contributed by atoms with Gasteiger partial charge in [0.25, 0.3) is 5.91 Å². The highest BCUT2D eigenvalue weighted by Crippen LogP contribution is 2.19. The first-order chi connectivity index (χ1) is 10.0. The maximum absolute atomic E-state index is 11.8. The summed E-state index contributed by atoms with van der Waals surface area (Å²) in [5.74, 6) is -1.09. The monoisotopic (exact) mass is 323 g/mol. The van der Waals surface area contributed by atoms with Crippen molar-refractivity contribution in [3.63, 3.8) is 0 Å². The summed E-state index contributed by atoms with van der Waals surface area (Å²) >= 11 is 11.6. The van der Waals surface area contributed by atoms with Gasteiger partial charge in [-0.3, -0.25) is 4.79 Å². The zero-order chi connectivity index (χ0) is 15.2. The van der Waals surface area contributed by atoms with Crippen molar-refractivity contribution < 1.29 is 14.3 Å². The second-order valence-electron chi connectivity index (χ2n) is 4.15. The number of hydrogen-bond acceptors (Lipinski definition) is 3. The Bertz CT molecular complexity index is 639. The molecule has 1 amide bonds. The number of amides is 1. The van der Waals surface area contributed by atoms with Gasteiger partial charge in [0.05, 0.1) is 5.56 Å². The third kappa shape index (κ3) is 4.77. The lowest BCUT2D eigenvalue weighted by Crippen LogP contribution is -2.20. The summed E-state index contributed by atoms with van der Waals surface area (Å²) < 4.78 is 4.90. The highest BCUT2D eigenvalue weighted by molar-refractivity contribution is 6.35. The molecule has 0 aliphatic heterocycles. The summed E-state index contributed by atoms with van der Waals surface area (Å²) in [7, 11) is 0. The van der Waals surface area contributed by atoms with E-state index in [4.69, 9.17) is 27.9 Å². The molecule has 0 saturated carbocycles. The molecule has 0 unspecified atom stereocenters. The molecule has 21 heavy (non-hydrogen) atoms. The van der Waals surface area contributed by atoms with E-state index in [0.717, 1.165) is 0 Å². The predicted molar refractivity (Wildman–Crippen MR) is 81.8 cm³/mol. The largest absolute Gasteiger partial charge is 0.452 e. The molecule has 6 heteroatoms. The van der Waals surface area contributed by atoms with Crippen molar-refractivity contribution in [3.05, 3.63) is 64.1 Å². The van der Waals surface area contributed by atoms with Gasteiger partial charge < -0.3 is 10.1 Å². The standard InChI is InChI=1S/C15H11Cl2NO3/c16-11-6-10(7-12(17)8-11)15(20)21-9-14(19)18-13-4-2-1-3-5-13/h1-8H,9H2,(H,18,19). The number of carbonyl (C=O) groups is 2. The first kappa shape index (κ1) is 15.4. The second-order valence-corrected chi connectivity index (χ2v) is 5.02. The van der Waals surface area contributed by atoms with E-state index in [2.05, 4.69) is 5.32 Å². The molecular formula is C15H11Cl2NO3. The van der Waals surface area contributed by atoms with Crippen molar-refractivity contribution in [2.75, 3.05) is 11.9 Å². The number of esters is 1.